The number of ether oxygens (including phenoxy) is 1. The predicted molar refractivity (Wildman–Crippen MR) is 72.5 cm³/mol. The first-order valence-corrected chi connectivity index (χ1v) is 6.35. The Morgan fingerprint density at radius 3 is 2.42 bits per heavy atom. The molecule has 0 fully saturated rings. The number of esters is 1. The number of carbonyl (C=O) groups is 2. The molecule has 1 amide bonds. The first-order chi connectivity index (χ1) is 8.93. The van der Waals surface area contributed by atoms with Gasteiger partial charge in [0.2, 0.25) is 0 Å². The highest BCUT2D eigenvalue weighted by atomic mass is 35.5. The van der Waals surface area contributed by atoms with Crippen LogP contribution in [0.25, 0.3) is 0 Å². The van der Waals surface area contributed by atoms with Crippen LogP contribution in [0.2, 0.25) is 10.3 Å². The van der Waals surface area contributed by atoms with Gasteiger partial charge in [0, 0.05) is 25.6 Å². The molecule has 1 heterocycles. The van der Waals surface area contributed by atoms with Crippen molar-refractivity contribution in [3.05, 3.63) is 28.0 Å². The van der Waals surface area contributed by atoms with E-state index in [4.69, 9.17) is 23.2 Å². The molecule has 0 saturated heterocycles. The normalized spacial score (nSPS) is 10.1. The van der Waals surface area contributed by atoms with E-state index in [0.717, 1.165) is 0 Å². The molecular formula is C12H14Cl2N2O3. The average Bonchev–Trinajstić information content (AvgIpc) is 2.36. The number of pyridine rings is 1. The second-order valence-corrected chi connectivity index (χ2v) is 4.68. The van der Waals surface area contributed by atoms with Gasteiger partial charge in [0.15, 0.2) is 0 Å². The van der Waals surface area contributed by atoms with Gasteiger partial charge in [-0.25, -0.2) is 4.98 Å². The Morgan fingerprint density at radius 1 is 1.32 bits per heavy atom. The number of carbonyl (C=O) groups excluding carboxylic acids is 2. The van der Waals surface area contributed by atoms with Crippen LogP contribution in [0.1, 0.15) is 23.2 Å². The largest absolute Gasteiger partial charge is 0.469 e. The summed E-state index contributed by atoms with van der Waals surface area (Å²) in [4.78, 5) is 28.3. The van der Waals surface area contributed by atoms with Crippen molar-refractivity contribution in [1.82, 2.24) is 9.88 Å². The molecule has 0 spiro atoms. The van der Waals surface area contributed by atoms with Gasteiger partial charge in [-0.15, -0.1) is 0 Å². The van der Waals surface area contributed by atoms with Crippen LogP contribution < -0.4 is 0 Å². The highest BCUT2D eigenvalue weighted by Crippen LogP contribution is 2.16. The third-order valence-electron chi connectivity index (χ3n) is 2.46. The number of amides is 1. The van der Waals surface area contributed by atoms with Crippen LogP contribution in [0.5, 0.6) is 0 Å². The lowest BCUT2D eigenvalue weighted by Crippen LogP contribution is -2.28. The van der Waals surface area contributed by atoms with Crippen LogP contribution in [0, 0.1) is 0 Å². The first-order valence-electron chi connectivity index (χ1n) is 5.59. The molecule has 1 aromatic heterocycles. The van der Waals surface area contributed by atoms with E-state index in [1.54, 1.807) is 7.05 Å². The topological polar surface area (TPSA) is 59.5 Å². The van der Waals surface area contributed by atoms with Crippen molar-refractivity contribution in [2.45, 2.75) is 12.8 Å². The number of rotatable bonds is 5. The molecule has 0 aliphatic carbocycles. The van der Waals surface area contributed by atoms with Crippen molar-refractivity contribution < 1.29 is 14.3 Å². The van der Waals surface area contributed by atoms with Crippen LogP contribution in [0.4, 0.5) is 0 Å². The summed E-state index contributed by atoms with van der Waals surface area (Å²) < 4.78 is 4.52. The fourth-order valence-electron chi connectivity index (χ4n) is 1.47. The van der Waals surface area contributed by atoms with Gasteiger partial charge >= 0.3 is 5.97 Å². The summed E-state index contributed by atoms with van der Waals surface area (Å²) in [6.45, 7) is 0.436. The molecule has 0 saturated carbocycles. The minimum Gasteiger partial charge on any atom is -0.469 e. The third-order valence-corrected chi connectivity index (χ3v) is 2.85. The highest BCUT2D eigenvalue weighted by Gasteiger charge is 2.14. The summed E-state index contributed by atoms with van der Waals surface area (Å²) in [5.41, 5.74) is 0.366. The monoisotopic (exact) mass is 304 g/mol. The van der Waals surface area contributed by atoms with Crippen LogP contribution in [-0.2, 0) is 9.53 Å². The van der Waals surface area contributed by atoms with Crippen LogP contribution in [-0.4, -0.2) is 42.5 Å². The Morgan fingerprint density at radius 2 is 1.89 bits per heavy atom. The van der Waals surface area contributed by atoms with Crippen LogP contribution in [0.15, 0.2) is 12.1 Å². The zero-order chi connectivity index (χ0) is 14.4. The number of hydrogen-bond donors (Lipinski definition) is 0. The van der Waals surface area contributed by atoms with E-state index in [-0.39, 0.29) is 28.6 Å². The molecule has 1 aromatic rings. The zero-order valence-corrected chi connectivity index (χ0v) is 12.2. The number of nitrogens with zero attached hydrogens (tertiary/aromatic N) is 2. The standard InChI is InChI=1S/C12H14Cl2N2O3/c1-16(5-3-4-11(17)19-2)12(18)8-6-9(13)15-10(14)7-8/h6-7H,3-5H2,1-2H3. The summed E-state index contributed by atoms with van der Waals surface area (Å²) in [5, 5.41) is 0.331. The van der Waals surface area contributed by atoms with E-state index in [9.17, 15) is 9.59 Å². The van der Waals surface area contributed by atoms with Gasteiger partial charge < -0.3 is 9.64 Å². The minimum absolute atomic E-state index is 0.166. The lowest BCUT2D eigenvalue weighted by molar-refractivity contribution is -0.140. The summed E-state index contributed by atoms with van der Waals surface area (Å²) in [6, 6.07) is 2.90. The highest BCUT2D eigenvalue weighted by molar-refractivity contribution is 6.33. The third kappa shape index (κ3) is 5.04. The Hall–Kier alpha value is -1.33. The fourth-order valence-corrected chi connectivity index (χ4v) is 1.93. The SMILES string of the molecule is COC(=O)CCCN(C)C(=O)c1cc(Cl)nc(Cl)c1. The van der Waals surface area contributed by atoms with E-state index in [1.165, 1.54) is 24.1 Å². The second-order valence-electron chi connectivity index (χ2n) is 3.91. The van der Waals surface area contributed by atoms with Crippen molar-refractivity contribution in [2.24, 2.45) is 0 Å². The van der Waals surface area contributed by atoms with Gasteiger partial charge in [-0.2, -0.15) is 0 Å². The first kappa shape index (κ1) is 15.7. The maximum Gasteiger partial charge on any atom is 0.305 e. The molecule has 0 aliphatic heterocycles. The smallest absolute Gasteiger partial charge is 0.305 e. The Balaban J connectivity index is 2.59. The maximum atomic E-state index is 12.1. The van der Waals surface area contributed by atoms with Gasteiger partial charge in [-0.3, -0.25) is 9.59 Å². The number of aromatic nitrogens is 1. The lowest BCUT2D eigenvalue weighted by Gasteiger charge is -2.17. The van der Waals surface area contributed by atoms with Crippen molar-refractivity contribution in [1.29, 1.82) is 0 Å². The summed E-state index contributed by atoms with van der Waals surface area (Å²) in [5.74, 6) is -0.521. The quantitative estimate of drug-likeness (QED) is 0.619. The van der Waals surface area contributed by atoms with Gasteiger partial charge in [0.05, 0.1) is 7.11 Å². The Bertz CT molecular complexity index is 460. The van der Waals surface area contributed by atoms with Gasteiger partial charge in [-0.1, -0.05) is 23.2 Å². The molecule has 7 heteroatoms. The summed E-state index contributed by atoms with van der Waals surface area (Å²) >= 11 is 11.5. The molecule has 0 radical (unpaired) electrons. The van der Waals surface area contributed by atoms with Crippen molar-refractivity contribution in [3.8, 4) is 0 Å². The van der Waals surface area contributed by atoms with Gasteiger partial charge in [-0.05, 0) is 18.6 Å². The number of hydrogen-bond acceptors (Lipinski definition) is 4. The number of halogens is 2. The van der Waals surface area contributed by atoms with E-state index < -0.39 is 0 Å². The van der Waals surface area contributed by atoms with E-state index in [0.29, 0.717) is 18.5 Å². The molecule has 0 atom stereocenters. The molecule has 0 unspecified atom stereocenters. The molecule has 0 bridgehead atoms. The molecule has 19 heavy (non-hydrogen) atoms. The maximum absolute atomic E-state index is 12.1. The lowest BCUT2D eigenvalue weighted by atomic mass is 10.2. The molecule has 0 aliphatic rings. The average molecular weight is 305 g/mol. The summed E-state index contributed by atoms with van der Waals surface area (Å²) in [7, 11) is 2.97. The molecule has 104 valence electrons. The fraction of sp³-hybridized carbons (Fsp3) is 0.417. The zero-order valence-electron chi connectivity index (χ0n) is 10.7. The molecule has 1 rings (SSSR count). The summed E-state index contributed by atoms with van der Waals surface area (Å²) in [6.07, 6.45) is 0.799. The Labute approximate surface area is 121 Å². The van der Waals surface area contributed by atoms with Gasteiger partial charge in [0.1, 0.15) is 10.3 Å². The van der Waals surface area contributed by atoms with Gasteiger partial charge in [0.25, 0.3) is 5.91 Å². The van der Waals surface area contributed by atoms with Crippen LogP contribution in [0.3, 0.4) is 0 Å². The molecule has 0 N–H and O–H groups in total. The molecule has 5 nitrogen and oxygen atoms in total. The van der Waals surface area contributed by atoms with E-state index >= 15 is 0 Å². The Kier molecular flexibility index (Phi) is 6.05. The minimum atomic E-state index is -0.296. The van der Waals surface area contributed by atoms with Crippen LogP contribution >= 0.6 is 23.2 Å². The molecule has 0 aromatic carbocycles. The van der Waals surface area contributed by atoms with E-state index in [1.807, 2.05) is 0 Å². The van der Waals surface area contributed by atoms with E-state index in [2.05, 4.69) is 9.72 Å². The van der Waals surface area contributed by atoms with Crippen molar-refractivity contribution in [3.63, 3.8) is 0 Å². The number of methoxy groups -OCH3 is 1. The second kappa shape index (κ2) is 7.31. The van der Waals surface area contributed by atoms with Crippen molar-refractivity contribution >= 4 is 35.1 Å². The predicted octanol–water partition coefficient (Wildman–Crippen LogP) is 2.41. The molecular weight excluding hydrogens is 291 g/mol. The van der Waals surface area contributed by atoms with Crippen molar-refractivity contribution in [2.75, 3.05) is 20.7 Å².